The second-order valence-corrected chi connectivity index (χ2v) is 10.1. The third-order valence-corrected chi connectivity index (χ3v) is 6.92. The monoisotopic (exact) mass is 485 g/mol. The summed E-state index contributed by atoms with van der Waals surface area (Å²) in [5, 5.41) is 3.48. The number of piperazine rings is 1. The number of furan rings is 1. The smallest absolute Gasteiger partial charge is 0.248 e. The van der Waals surface area contributed by atoms with Crippen LogP contribution in [0.15, 0.2) is 71.2 Å². The summed E-state index contributed by atoms with van der Waals surface area (Å²) in [5.41, 5.74) is 2.56. The van der Waals surface area contributed by atoms with Crippen molar-refractivity contribution in [2.75, 3.05) is 42.7 Å². The van der Waals surface area contributed by atoms with Crippen LogP contribution >= 0.6 is 11.6 Å². The summed E-state index contributed by atoms with van der Waals surface area (Å²) >= 11 is 5.91. The van der Waals surface area contributed by atoms with Gasteiger partial charge in [-0.2, -0.15) is 4.31 Å². The van der Waals surface area contributed by atoms with Crippen LogP contribution in [0.5, 0.6) is 0 Å². The summed E-state index contributed by atoms with van der Waals surface area (Å²) < 4.78 is 30.6. The van der Waals surface area contributed by atoms with E-state index in [1.807, 2.05) is 42.5 Å². The van der Waals surface area contributed by atoms with Crippen LogP contribution in [0, 0.1) is 0 Å². The van der Waals surface area contributed by atoms with Gasteiger partial charge in [-0.3, -0.25) is 4.79 Å². The van der Waals surface area contributed by atoms with Crippen molar-refractivity contribution in [1.29, 1.82) is 0 Å². The molecule has 3 aromatic rings. The van der Waals surface area contributed by atoms with Crippen LogP contribution < -0.4 is 10.2 Å². The summed E-state index contributed by atoms with van der Waals surface area (Å²) in [6.07, 6.45) is 4.27. The van der Waals surface area contributed by atoms with E-state index in [1.54, 1.807) is 24.3 Å². The molecule has 1 aliphatic heterocycles. The quantitative estimate of drug-likeness (QED) is 0.525. The topological polar surface area (TPSA) is 82.9 Å². The molecule has 33 heavy (non-hydrogen) atoms. The van der Waals surface area contributed by atoms with Crippen LogP contribution in [0.4, 0.5) is 11.4 Å². The molecule has 7 nitrogen and oxygen atoms in total. The highest BCUT2D eigenvalue weighted by Crippen LogP contribution is 2.24. The number of carbonyl (C=O) groups is 1. The molecular weight excluding hydrogens is 462 g/mol. The summed E-state index contributed by atoms with van der Waals surface area (Å²) in [4.78, 5) is 14.4. The van der Waals surface area contributed by atoms with Gasteiger partial charge in [0.15, 0.2) is 0 Å². The number of amides is 1. The zero-order valence-corrected chi connectivity index (χ0v) is 19.6. The fourth-order valence-corrected chi connectivity index (χ4v) is 4.54. The number of anilines is 2. The van der Waals surface area contributed by atoms with Crippen LogP contribution in [0.1, 0.15) is 5.76 Å². The maximum atomic E-state index is 12.3. The van der Waals surface area contributed by atoms with Crippen LogP contribution in [-0.2, 0) is 14.8 Å². The van der Waals surface area contributed by atoms with E-state index in [1.165, 1.54) is 16.6 Å². The van der Waals surface area contributed by atoms with Crippen molar-refractivity contribution in [3.63, 3.8) is 0 Å². The van der Waals surface area contributed by atoms with E-state index >= 15 is 0 Å². The zero-order chi connectivity index (χ0) is 23.4. The second-order valence-electron chi connectivity index (χ2n) is 7.73. The van der Waals surface area contributed by atoms with E-state index in [-0.39, 0.29) is 5.91 Å². The third-order valence-electron chi connectivity index (χ3n) is 5.36. The highest BCUT2D eigenvalue weighted by atomic mass is 35.5. The first kappa shape index (κ1) is 23.1. The number of nitrogens with zero attached hydrogens (tertiary/aromatic N) is 2. The van der Waals surface area contributed by atoms with Gasteiger partial charge >= 0.3 is 0 Å². The van der Waals surface area contributed by atoms with Gasteiger partial charge in [0.1, 0.15) is 11.5 Å². The van der Waals surface area contributed by atoms with Crippen molar-refractivity contribution in [3.8, 4) is 11.3 Å². The molecule has 0 radical (unpaired) electrons. The lowest BCUT2D eigenvalue weighted by molar-refractivity contribution is -0.111. The molecule has 9 heteroatoms. The number of carbonyl (C=O) groups excluding carboxylic acids is 1. The molecule has 172 valence electrons. The Morgan fingerprint density at radius 3 is 2.27 bits per heavy atom. The van der Waals surface area contributed by atoms with Gasteiger partial charge in [0.25, 0.3) is 0 Å². The third kappa shape index (κ3) is 6.04. The minimum absolute atomic E-state index is 0.269. The molecule has 0 spiro atoms. The normalized spacial score (nSPS) is 15.2. The summed E-state index contributed by atoms with van der Waals surface area (Å²) in [6.45, 7) is 2.19. The van der Waals surface area contributed by atoms with E-state index in [4.69, 9.17) is 16.0 Å². The molecule has 0 bridgehead atoms. The number of rotatable bonds is 6. The highest BCUT2D eigenvalue weighted by molar-refractivity contribution is 7.88. The van der Waals surface area contributed by atoms with Crippen molar-refractivity contribution >= 4 is 45.0 Å². The Balaban J connectivity index is 1.31. The van der Waals surface area contributed by atoms with Crippen LogP contribution in [0.25, 0.3) is 17.4 Å². The number of halogens is 1. The van der Waals surface area contributed by atoms with Gasteiger partial charge in [-0.1, -0.05) is 11.6 Å². The van der Waals surface area contributed by atoms with Crippen molar-refractivity contribution in [2.45, 2.75) is 0 Å². The first-order chi connectivity index (χ1) is 15.8. The Bertz CT molecular complexity index is 1240. The first-order valence-corrected chi connectivity index (χ1v) is 12.7. The van der Waals surface area contributed by atoms with E-state index < -0.39 is 10.0 Å². The van der Waals surface area contributed by atoms with E-state index in [0.717, 1.165) is 11.3 Å². The van der Waals surface area contributed by atoms with Gasteiger partial charge in [-0.25, -0.2) is 8.42 Å². The van der Waals surface area contributed by atoms with Crippen molar-refractivity contribution in [3.05, 3.63) is 77.5 Å². The number of hydrogen-bond acceptors (Lipinski definition) is 5. The van der Waals surface area contributed by atoms with Gasteiger partial charge in [0, 0.05) is 54.2 Å². The van der Waals surface area contributed by atoms with Crippen molar-refractivity contribution < 1.29 is 17.6 Å². The minimum atomic E-state index is -3.15. The summed E-state index contributed by atoms with van der Waals surface area (Å²) in [7, 11) is -3.15. The van der Waals surface area contributed by atoms with Crippen LogP contribution in [-0.4, -0.2) is 51.1 Å². The summed E-state index contributed by atoms with van der Waals surface area (Å²) in [5.74, 6) is 0.993. The molecule has 2 heterocycles. The molecule has 0 aliphatic carbocycles. The molecule has 4 rings (SSSR count). The first-order valence-electron chi connectivity index (χ1n) is 10.4. The van der Waals surface area contributed by atoms with E-state index in [0.29, 0.717) is 48.4 Å². The van der Waals surface area contributed by atoms with Crippen molar-refractivity contribution in [1.82, 2.24) is 4.31 Å². The molecule has 1 saturated heterocycles. The lowest BCUT2D eigenvalue weighted by Gasteiger charge is -2.34. The van der Waals surface area contributed by atoms with Crippen LogP contribution in [0.2, 0.25) is 5.02 Å². The highest BCUT2D eigenvalue weighted by Gasteiger charge is 2.23. The zero-order valence-electron chi connectivity index (χ0n) is 18.1. The van der Waals surface area contributed by atoms with Crippen molar-refractivity contribution in [2.24, 2.45) is 0 Å². The van der Waals surface area contributed by atoms with E-state index in [9.17, 15) is 13.2 Å². The Hall–Kier alpha value is -3.07. The maximum absolute atomic E-state index is 12.3. The molecule has 1 aromatic heterocycles. The molecule has 2 aromatic carbocycles. The van der Waals surface area contributed by atoms with Gasteiger partial charge in [0.2, 0.25) is 15.9 Å². The molecule has 1 N–H and O–H groups in total. The fourth-order valence-electron chi connectivity index (χ4n) is 3.59. The molecule has 0 saturated carbocycles. The lowest BCUT2D eigenvalue weighted by Crippen LogP contribution is -2.48. The number of benzene rings is 2. The predicted octanol–water partition coefficient (Wildman–Crippen LogP) is 4.33. The Labute approximate surface area is 198 Å². The van der Waals surface area contributed by atoms with Gasteiger partial charge in [-0.05, 0) is 66.7 Å². The average Bonchev–Trinajstić information content (AvgIpc) is 3.27. The summed E-state index contributed by atoms with van der Waals surface area (Å²) in [6, 6.07) is 18.5. The van der Waals surface area contributed by atoms with Gasteiger partial charge in [0.05, 0.1) is 6.26 Å². The fraction of sp³-hybridized carbons (Fsp3) is 0.208. The lowest BCUT2D eigenvalue weighted by atomic mass is 10.2. The van der Waals surface area contributed by atoms with E-state index in [2.05, 4.69) is 10.2 Å². The second kappa shape index (κ2) is 9.82. The maximum Gasteiger partial charge on any atom is 0.248 e. The standard InChI is InChI=1S/C24H24ClN3O4S/c1-33(30,31)28-16-14-27(15-17-28)21-8-6-20(7-9-21)26-24(29)13-11-22-10-12-23(32-22)18-2-4-19(25)5-3-18/h2-13H,14-17H2,1H3,(H,26,29). The van der Waals surface area contributed by atoms with Gasteiger partial charge < -0.3 is 14.6 Å². The largest absolute Gasteiger partial charge is 0.457 e. The van der Waals surface area contributed by atoms with Crippen LogP contribution in [0.3, 0.4) is 0 Å². The van der Waals surface area contributed by atoms with Gasteiger partial charge in [-0.15, -0.1) is 0 Å². The molecular formula is C24H24ClN3O4S. The average molecular weight is 486 g/mol. The number of hydrogen-bond donors (Lipinski definition) is 1. The number of nitrogens with one attached hydrogen (secondary N) is 1. The SMILES string of the molecule is CS(=O)(=O)N1CCN(c2ccc(NC(=O)C=Cc3ccc(-c4ccc(Cl)cc4)o3)cc2)CC1. The Morgan fingerprint density at radius 1 is 0.970 bits per heavy atom. The predicted molar refractivity (Wildman–Crippen MR) is 132 cm³/mol. The molecule has 0 atom stereocenters. The number of sulfonamides is 1. The Morgan fingerprint density at radius 2 is 1.64 bits per heavy atom. The molecule has 1 aliphatic rings. The Kier molecular flexibility index (Phi) is 6.88. The minimum Gasteiger partial charge on any atom is -0.457 e. The molecule has 1 amide bonds. The molecule has 0 unspecified atom stereocenters. The molecule has 1 fully saturated rings.